The molecular weight excluding hydrogens is 432 g/mol. The number of carbonyl (C=O) groups is 2. The number of aliphatic hydroxyl groups is 1. The summed E-state index contributed by atoms with van der Waals surface area (Å²) in [6.07, 6.45) is 5.47. The normalized spacial score (nSPS) is 17.5. The Labute approximate surface area is 188 Å². The first kappa shape index (κ1) is 22.2. The summed E-state index contributed by atoms with van der Waals surface area (Å²) in [6, 6.07) is 7.98. The molecule has 1 fully saturated rings. The molecule has 0 spiro atoms. The molecule has 1 N–H and O–H groups in total. The van der Waals surface area contributed by atoms with E-state index in [2.05, 4.69) is 4.98 Å². The summed E-state index contributed by atoms with van der Waals surface area (Å²) in [4.78, 5) is 31.2. The van der Waals surface area contributed by atoms with Gasteiger partial charge >= 0.3 is 0 Å². The van der Waals surface area contributed by atoms with Gasteiger partial charge in [-0.05, 0) is 30.7 Å². The van der Waals surface area contributed by atoms with Gasteiger partial charge in [-0.3, -0.25) is 9.59 Å². The number of likely N-dealkylation sites (tertiary alicyclic amines) is 1. The molecule has 170 valence electrons. The minimum atomic E-state index is -1.18. The van der Waals surface area contributed by atoms with E-state index in [1.807, 2.05) is 4.57 Å². The number of nitrogens with zero attached hydrogens (tertiary/aromatic N) is 3. The molecule has 3 aromatic rings. The van der Waals surface area contributed by atoms with E-state index in [0.29, 0.717) is 13.0 Å². The van der Waals surface area contributed by atoms with Crippen molar-refractivity contribution in [3.8, 4) is 5.75 Å². The summed E-state index contributed by atoms with van der Waals surface area (Å²) in [7, 11) is 1.33. The van der Waals surface area contributed by atoms with E-state index in [-0.39, 0.29) is 29.0 Å². The lowest BCUT2D eigenvalue weighted by Gasteiger charge is -2.25. The first-order valence-electron chi connectivity index (χ1n) is 10.2. The van der Waals surface area contributed by atoms with Gasteiger partial charge in [-0.1, -0.05) is 18.2 Å². The number of aryl methyl sites for hydroxylation is 1. The van der Waals surface area contributed by atoms with E-state index < -0.39 is 35.1 Å². The lowest BCUT2D eigenvalue weighted by atomic mass is 9.94. The number of benzene rings is 2. The van der Waals surface area contributed by atoms with Crippen molar-refractivity contribution >= 4 is 17.4 Å². The second-order valence-corrected chi connectivity index (χ2v) is 7.51. The maximum atomic E-state index is 14.8. The molecular formula is C24H21F2N3O4. The number of amides is 1. The third kappa shape index (κ3) is 4.21. The van der Waals surface area contributed by atoms with Gasteiger partial charge in [0, 0.05) is 31.0 Å². The molecule has 33 heavy (non-hydrogen) atoms. The molecule has 2 heterocycles. The Morgan fingerprint density at radius 2 is 1.94 bits per heavy atom. The maximum Gasteiger partial charge on any atom is 0.295 e. The number of Topliss-reactive ketones (excluding diaryl/α,β-unsaturated/α-hetero) is 1. The van der Waals surface area contributed by atoms with Crippen LogP contribution in [0.3, 0.4) is 0 Å². The van der Waals surface area contributed by atoms with Crippen molar-refractivity contribution in [1.29, 1.82) is 0 Å². The van der Waals surface area contributed by atoms with Crippen LogP contribution in [0.2, 0.25) is 0 Å². The first-order chi connectivity index (χ1) is 15.9. The number of hydrogen-bond donors (Lipinski definition) is 1. The summed E-state index contributed by atoms with van der Waals surface area (Å²) in [5.74, 6) is -3.68. The van der Waals surface area contributed by atoms with Crippen molar-refractivity contribution in [2.45, 2.75) is 19.0 Å². The third-order valence-corrected chi connectivity index (χ3v) is 5.53. The molecule has 0 radical (unpaired) electrons. The van der Waals surface area contributed by atoms with Crippen LogP contribution >= 0.6 is 0 Å². The largest absolute Gasteiger partial charge is 0.507 e. The summed E-state index contributed by atoms with van der Waals surface area (Å²) in [5, 5.41) is 11.1. The van der Waals surface area contributed by atoms with Gasteiger partial charge < -0.3 is 19.3 Å². The van der Waals surface area contributed by atoms with Gasteiger partial charge in [-0.15, -0.1) is 0 Å². The van der Waals surface area contributed by atoms with Gasteiger partial charge in [0.15, 0.2) is 0 Å². The van der Waals surface area contributed by atoms with Crippen molar-refractivity contribution in [3.05, 3.63) is 89.5 Å². The second-order valence-electron chi connectivity index (χ2n) is 7.51. The molecule has 0 saturated carbocycles. The van der Waals surface area contributed by atoms with Crippen LogP contribution in [0.4, 0.5) is 8.78 Å². The minimum absolute atomic E-state index is 0.0521. The highest BCUT2D eigenvalue weighted by atomic mass is 19.1. The predicted octanol–water partition coefficient (Wildman–Crippen LogP) is 3.68. The summed E-state index contributed by atoms with van der Waals surface area (Å²) >= 11 is 0. The van der Waals surface area contributed by atoms with Crippen molar-refractivity contribution in [2.75, 3.05) is 13.7 Å². The molecule has 0 bridgehead atoms. The molecule has 7 nitrogen and oxygen atoms in total. The molecule has 0 aliphatic carbocycles. The number of halogens is 2. The number of hydrogen-bond acceptors (Lipinski definition) is 5. The Balaban J connectivity index is 1.80. The summed E-state index contributed by atoms with van der Waals surface area (Å²) < 4.78 is 35.8. The average Bonchev–Trinajstić information content (AvgIpc) is 3.41. The van der Waals surface area contributed by atoms with E-state index in [1.54, 1.807) is 24.8 Å². The van der Waals surface area contributed by atoms with Crippen molar-refractivity contribution in [2.24, 2.45) is 0 Å². The Hall–Kier alpha value is -4.01. The number of methoxy groups -OCH3 is 1. The smallest absolute Gasteiger partial charge is 0.295 e. The van der Waals surface area contributed by atoms with Crippen LogP contribution in [0.25, 0.3) is 5.76 Å². The molecule has 4 rings (SSSR count). The van der Waals surface area contributed by atoms with Gasteiger partial charge in [0.05, 0.1) is 30.6 Å². The molecule has 0 unspecified atom stereocenters. The van der Waals surface area contributed by atoms with Gasteiger partial charge in [0.25, 0.3) is 11.7 Å². The lowest BCUT2D eigenvalue weighted by molar-refractivity contribution is -0.140. The van der Waals surface area contributed by atoms with Crippen LogP contribution in [-0.2, 0) is 16.1 Å². The fourth-order valence-corrected chi connectivity index (χ4v) is 3.98. The SMILES string of the molecule is COc1ccc(F)cc1/C(O)=C1\C(=O)C(=O)N(CCCn2ccnc2)[C@@H]1c1ccccc1F. The zero-order chi connectivity index (χ0) is 23.5. The molecule has 1 atom stereocenters. The molecule has 2 aromatic carbocycles. The fourth-order valence-electron chi connectivity index (χ4n) is 3.98. The Morgan fingerprint density at radius 3 is 2.64 bits per heavy atom. The van der Waals surface area contributed by atoms with Crippen LogP contribution < -0.4 is 4.74 Å². The Morgan fingerprint density at radius 1 is 1.15 bits per heavy atom. The number of ether oxygens (including phenoxy) is 1. The predicted molar refractivity (Wildman–Crippen MR) is 115 cm³/mol. The molecule has 1 aliphatic rings. The third-order valence-electron chi connectivity index (χ3n) is 5.53. The number of aliphatic hydroxyl groups excluding tert-OH is 1. The second kappa shape index (κ2) is 9.23. The van der Waals surface area contributed by atoms with Gasteiger partial charge in [-0.25, -0.2) is 13.8 Å². The highest BCUT2D eigenvalue weighted by Crippen LogP contribution is 2.41. The number of carbonyl (C=O) groups excluding carboxylic acids is 2. The van der Waals surface area contributed by atoms with Gasteiger partial charge in [-0.2, -0.15) is 0 Å². The van der Waals surface area contributed by atoms with E-state index >= 15 is 0 Å². The van der Waals surface area contributed by atoms with Crippen molar-refractivity contribution in [1.82, 2.24) is 14.5 Å². The highest BCUT2D eigenvalue weighted by Gasteiger charge is 2.47. The quantitative estimate of drug-likeness (QED) is 0.335. The Kier molecular flexibility index (Phi) is 6.21. The van der Waals surface area contributed by atoms with E-state index in [9.17, 15) is 23.5 Å². The zero-order valence-electron chi connectivity index (χ0n) is 17.7. The van der Waals surface area contributed by atoms with E-state index in [1.165, 1.54) is 36.3 Å². The summed E-state index contributed by atoms with van der Waals surface area (Å²) in [6.45, 7) is 0.642. The van der Waals surface area contributed by atoms with Crippen LogP contribution in [-0.4, -0.2) is 44.9 Å². The van der Waals surface area contributed by atoms with Crippen LogP contribution in [0.1, 0.15) is 23.6 Å². The lowest BCUT2D eigenvalue weighted by Crippen LogP contribution is -2.31. The molecule has 1 amide bonds. The van der Waals surface area contributed by atoms with Crippen LogP contribution in [0.5, 0.6) is 5.75 Å². The number of ketones is 1. The summed E-state index contributed by atoms with van der Waals surface area (Å²) in [5.41, 5.74) is -0.372. The van der Waals surface area contributed by atoms with Crippen molar-refractivity contribution in [3.63, 3.8) is 0 Å². The molecule has 1 aliphatic heterocycles. The minimum Gasteiger partial charge on any atom is -0.507 e. The van der Waals surface area contributed by atoms with Crippen molar-refractivity contribution < 1.29 is 28.2 Å². The standard InChI is InChI=1S/C24H21F2N3O4/c1-33-19-8-7-15(25)13-17(19)22(30)20-21(16-5-2-3-6-18(16)26)29(24(32)23(20)31)11-4-10-28-12-9-27-14-28/h2-3,5-9,12-14,21,30H,4,10-11H2,1H3/b22-20+/t21-/m1/s1. The first-order valence-corrected chi connectivity index (χ1v) is 10.2. The number of aromatic nitrogens is 2. The van der Waals surface area contributed by atoms with Gasteiger partial charge in [0.1, 0.15) is 23.1 Å². The fraction of sp³-hybridized carbons (Fsp3) is 0.208. The monoisotopic (exact) mass is 453 g/mol. The molecule has 9 heteroatoms. The highest BCUT2D eigenvalue weighted by molar-refractivity contribution is 6.46. The van der Waals surface area contributed by atoms with Gasteiger partial charge in [0.2, 0.25) is 0 Å². The maximum absolute atomic E-state index is 14.8. The van der Waals surface area contributed by atoms with E-state index in [4.69, 9.17) is 4.74 Å². The average molecular weight is 453 g/mol. The van der Waals surface area contributed by atoms with E-state index in [0.717, 1.165) is 12.1 Å². The Bertz CT molecular complexity index is 1220. The molecule has 1 saturated heterocycles. The zero-order valence-corrected chi connectivity index (χ0v) is 17.7. The number of rotatable bonds is 7. The number of imidazole rings is 1. The van der Waals surface area contributed by atoms with Crippen LogP contribution in [0, 0.1) is 11.6 Å². The topological polar surface area (TPSA) is 84.7 Å². The molecule has 1 aromatic heterocycles. The van der Waals surface area contributed by atoms with Crippen LogP contribution in [0.15, 0.2) is 66.8 Å².